The average molecular weight is 328 g/mol. The van der Waals surface area contributed by atoms with E-state index in [2.05, 4.69) is 10.1 Å². The highest BCUT2D eigenvalue weighted by Crippen LogP contribution is 2.24. The number of carbonyl (C=O) groups is 2. The van der Waals surface area contributed by atoms with Crippen molar-refractivity contribution in [3.05, 3.63) is 48.0 Å². The molecule has 0 radical (unpaired) electrons. The van der Waals surface area contributed by atoms with Crippen LogP contribution in [0, 0.1) is 11.8 Å². The van der Waals surface area contributed by atoms with E-state index in [1.807, 2.05) is 25.1 Å². The molecule has 7 heteroatoms. The number of likely N-dealkylation sites (tertiary alicyclic amines) is 1. The second-order valence-electron chi connectivity index (χ2n) is 6.34. The number of carbonyl (C=O) groups excluding carboxylic acids is 1. The van der Waals surface area contributed by atoms with Crippen molar-refractivity contribution in [2.24, 2.45) is 11.8 Å². The van der Waals surface area contributed by atoms with Gasteiger partial charge in [0, 0.05) is 18.7 Å². The van der Waals surface area contributed by atoms with E-state index < -0.39 is 11.9 Å². The smallest absolute Gasteiger partial charge is 0.308 e. The molecule has 0 saturated carbocycles. The van der Waals surface area contributed by atoms with Crippen LogP contribution >= 0.6 is 0 Å². The minimum Gasteiger partial charge on any atom is -0.481 e. The third-order valence-corrected chi connectivity index (χ3v) is 4.34. The fourth-order valence-electron chi connectivity index (χ4n) is 3.22. The summed E-state index contributed by atoms with van der Waals surface area (Å²) in [6.45, 7) is 3.28. The van der Waals surface area contributed by atoms with Gasteiger partial charge in [-0.05, 0) is 24.0 Å². The number of carboxylic acid groups (broad SMARTS) is 1. The van der Waals surface area contributed by atoms with E-state index in [0.717, 1.165) is 5.56 Å². The molecule has 2 unspecified atom stereocenters. The van der Waals surface area contributed by atoms with Crippen molar-refractivity contribution in [3.8, 4) is 0 Å². The van der Waals surface area contributed by atoms with Crippen LogP contribution in [-0.2, 0) is 11.3 Å². The lowest BCUT2D eigenvalue weighted by molar-refractivity contribution is -0.143. The van der Waals surface area contributed by atoms with E-state index in [1.54, 1.807) is 22.0 Å². The predicted molar refractivity (Wildman–Crippen MR) is 86.4 cm³/mol. The van der Waals surface area contributed by atoms with Crippen LogP contribution < -0.4 is 0 Å². The van der Waals surface area contributed by atoms with Gasteiger partial charge in [-0.15, -0.1) is 0 Å². The summed E-state index contributed by atoms with van der Waals surface area (Å²) in [5, 5.41) is 13.4. The molecule has 24 heavy (non-hydrogen) atoms. The molecule has 1 amide bonds. The third kappa shape index (κ3) is 3.45. The fraction of sp³-hybridized carbons (Fsp3) is 0.412. The van der Waals surface area contributed by atoms with Gasteiger partial charge in [0.15, 0.2) is 0 Å². The van der Waals surface area contributed by atoms with Crippen LogP contribution in [-0.4, -0.2) is 49.7 Å². The van der Waals surface area contributed by atoms with Crippen molar-refractivity contribution in [1.82, 2.24) is 19.7 Å². The van der Waals surface area contributed by atoms with E-state index in [9.17, 15) is 14.7 Å². The van der Waals surface area contributed by atoms with E-state index in [0.29, 0.717) is 25.1 Å². The van der Waals surface area contributed by atoms with E-state index >= 15 is 0 Å². The number of carboxylic acids is 1. The molecule has 0 bridgehead atoms. The number of hydrogen-bond donors (Lipinski definition) is 1. The van der Waals surface area contributed by atoms with E-state index in [4.69, 9.17) is 0 Å². The SMILES string of the molecule is CC1CC(C(=O)O)CN(C(=O)c2ccccc2Cn2cncn2)C1. The van der Waals surface area contributed by atoms with Crippen LogP contribution in [0.15, 0.2) is 36.9 Å². The molecule has 2 heterocycles. The highest BCUT2D eigenvalue weighted by atomic mass is 16.4. The largest absolute Gasteiger partial charge is 0.481 e. The van der Waals surface area contributed by atoms with Crippen molar-refractivity contribution >= 4 is 11.9 Å². The number of nitrogens with zero attached hydrogens (tertiary/aromatic N) is 4. The zero-order valence-corrected chi connectivity index (χ0v) is 13.5. The third-order valence-electron chi connectivity index (χ3n) is 4.34. The molecule has 3 rings (SSSR count). The highest BCUT2D eigenvalue weighted by Gasteiger charge is 2.32. The molecule has 1 aliphatic rings. The van der Waals surface area contributed by atoms with Gasteiger partial charge in [-0.2, -0.15) is 5.10 Å². The van der Waals surface area contributed by atoms with Crippen LogP contribution in [0.3, 0.4) is 0 Å². The molecule has 2 aromatic rings. The summed E-state index contributed by atoms with van der Waals surface area (Å²) in [6, 6.07) is 7.36. The lowest BCUT2D eigenvalue weighted by atomic mass is 9.90. The Balaban J connectivity index is 1.83. The molecule has 0 spiro atoms. The molecular formula is C17H20N4O3. The average Bonchev–Trinajstić information content (AvgIpc) is 3.07. The van der Waals surface area contributed by atoms with Gasteiger partial charge in [0.2, 0.25) is 0 Å². The lowest BCUT2D eigenvalue weighted by Gasteiger charge is -2.35. The van der Waals surface area contributed by atoms with Gasteiger partial charge >= 0.3 is 5.97 Å². The number of hydrogen-bond acceptors (Lipinski definition) is 4. The number of aromatic nitrogens is 3. The molecule has 1 aromatic carbocycles. The number of aliphatic carboxylic acids is 1. The fourth-order valence-corrected chi connectivity index (χ4v) is 3.22. The molecule has 2 atom stereocenters. The summed E-state index contributed by atoms with van der Waals surface area (Å²) in [7, 11) is 0. The monoisotopic (exact) mass is 328 g/mol. The molecule has 1 N–H and O–H groups in total. The minimum atomic E-state index is -0.838. The molecule has 0 aliphatic carbocycles. The molecule has 1 saturated heterocycles. The van der Waals surface area contributed by atoms with Crippen molar-refractivity contribution < 1.29 is 14.7 Å². The second kappa shape index (κ2) is 6.82. The van der Waals surface area contributed by atoms with E-state index in [1.165, 1.54) is 6.33 Å². The van der Waals surface area contributed by atoms with E-state index in [-0.39, 0.29) is 18.4 Å². The lowest BCUT2D eigenvalue weighted by Crippen LogP contribution is -2.45. The highest BCUT2D eigenvalue weighted by molar-refractivity contribution is 5.96. The van der Waals surface area contributed by atoms with Gasteiger partial charge in [-0.1, -0.05) is 25.1 Å². The first-order valence-electron chi connectivity index (χ1n) is 7.97. The van der Waals surface area contributed by atoms with Crippen LogP contribution in [0.5, 0.6) is 0 Å². The maximum Gasteiger partial charge on any atom is 0.308 e. The summed E-state index contributed by atoms with van der Waals surface area (Å²) in [5.41, 5.74) is 1.43. The molecule has 1 aliphatic heterocycles. The number of benzene rings is 1. The van der Waals surface area contributed by atoms with Gasteiger partial charge in [-0.25, -0.2) is 9.67 Å². The van der Waals surface area contributed by atoms with Crippen molar-refractivity contribution in [2.45, 2.75) is 19.9 Å². The topological polar surface area (TPSA) is 88.3 Å². The molecule has 1 aromatic heterocycles. The zero-order valence-electron chi connectivity index (χ0n) is 13.5. The summed E-state index contributed by atoms with van der Waals surface area (Å²) >= 11 is 0. The maximum atomic E-state index is 13.0. The summed E-state index contributed by atoms with van der Waals surface area (Å²) in [6.07, 6.45) is 3.67. The maximum absolute atomic E-state index is 13.0. The number of rotatable bonds is 4. The van der Waals surface area contributed by atoms with Gasteiger partial charge < -0.3 is 10.0 Å². The van der Waals surface area contributed by atoms with Gasteiger partial charge in [-0.3, -0.25) is 9.59 Å². The predicted octanol–water partition coefficient (Wildman–Crippen LogP) is 1.51. The molecular weight excluding hydrogens is 308 g/mol. The van der Waals surface area contributed by atoms with Crippen molar-refractivity contribution in [2.75, 3.05) is 13.1 Å². The molecule has 126 valence electrons. The Bertz CT molecular complexity index is 729. The Morgan fingerprint density at radius 3 is 2.79 bits per heavy atom. The van der Waals surface area contributed by atoms with Crippen molar-refractivity contribution in [3.63, 3.8) is 0 Å². The van der Waals surface area contributed by atoms with Gasteiger partial charge in [0.05, 0.1) is 12.5 Å². The standard InChI is InChI=1S/C17H20N4O3/c1-12-6-14(17(23)24)8-20(7-12)16(22)15-5-3-2-4-13(15)9-21-11-18-10-19-21/h2-5,10-12,14H,6-9H2,1H3,(H,23,24). The normalized spacial score (nSPS) is 20.8. The Morgan fingerprint density at radius 1 is 1.29 bits per heavy atom. The van der Waals surface area contributed by atoms with Crippen molar-refractivity contribution in [1.29, 1.82) is 0 Å². The molecule has 1 fully saturated rings. The summed E-state index contributed by atoms with van der Waals surface area (Å²) < 4.78 is 1.66. The quantitative estimate of drug-likeness (QED) is 0.919. The first-order valence-corrected chi connectivity index (χ1v) is 7.97. The Labute approximate surface area is 139 Å². The van der Waals surface area contributed by atoms with Crippen LogP contribution in [0.2, 0.25) is 0 Å². The van der Waals surface area contributed by atoms with Crippen LogP contribution in [0.4, 0.5) is 0 Å². The first kappa shape index (κ1) is 16.2. The Morgan fingerprint density at radius 2 is 2.08 bits per heavy atom. The zero-order chi connectivity index (χ0) is 17.1. The Hall–Kier alpha value is -2.70. The first-order chi connectivity index (χ1) is 11.5. The Kier molecular flexibility index (Phi) is 4.59. The van der Waals surface area contributed by atoms with Crippen LogP contribution in [0.1, 0.15) is 29.3 Å². The molecule has 7 nitrogen and oxygen atoms in total. The van der Waals surface area contributed by atoms with Crippen LogP contribution in [0.25, 0.3) is 0 Å². The second-order valence-corrected chi connectivity index (χ2v) is 6.34. The number of piperidine rings is 1. The van der Waals surface area contributed by atoms with Gasteiger partial charge in [0.25, 0.3) is 5.91 Å². The van der Waals surface area contributed by atoms with Gasteiger partial charge in [0.1, 0.15) is 12.7 Å². The summed E-state index contributed by atoms with van der Waals surface area (Å²) in [5.74, 6) is -1.29. The minimum absolute atomic E-state index is 0.122. The number of amides is 1. The summed E-state index contributed by atoms with van der Waals surface area (Å²) in [4.78, 5) is 29.9.